The summed E-state index contributed by atoms with van der Waals surface area (Å²) in [6.45, 7) is 8.08. The Morgan fingerprint density at radius 3 is 3.00 bits per heavy atom. The van der Waals surface area contributed by atoms with Crippen molar-refractivity contribution in [2.24, 2.45) is 11.8 Å². The monoisotopic (exact) mass is 263 g/mol. The molecule has 1 aliphatic rings. The van der Waals surface area contributed by atoms with Crippen LogP contribution in [0.15, 0.2) is 12.1 Å². The number of likely N-dealkylation sites (tertiary alicyclic amines) is 1. The summed E-state index contributed by atoms with van der Waals surface area (Å²) in [5, 5.41) is 8.67. The van der Waals surface area contributed by atoms with Crippen LogP contribution < -0.4 is 0 Å². The molecular weight excluding hydrogens is 242 g/mol. The van der Waals surface area contributed by atoms with Crippen LogP contribution in [0.2, 0.25) is 0 Å². The Kier molecular flexibility index (Phi) is 4.82. The van der Waals surface area contributed by atoms with Gasteiger partial charge in [-0.15, -0.1) is 11.3 Å². The molecule has 2 heterocycles. The first-order valence-corrected chi connectivity index (χ1v) is 7.41. The molecule has 2 rings (SSSR count). The molecule has 2 nitrogen and oxygen atoms in total. The molecule has 1 aromatic heterocycles. The fourth-order valence-corrected chi connectivity index (χ4v) is 3.35. The van der Waals surface area contributed by atoms with Gasteiger partial charge in [-0.3, -0.25) is 4.90 Å². The molecule has 1 saturated heterocycles. The summed E-state index contributed by atoms with van der Waals surface area (Å²) in [4.78, 5) is 4.97. The van der Waals surface area contributed by atoms with Gasteiger partial charge in [-0.25, -0.2) is 0 Å². The molecule has 0 radical (unpaired) electrons. The number of thiophene rings is 1. The van der Waals surface area contributed by atoms with E-state index in [0.717, 1.165) is 23.3 Å². The molecular formula is C15H21NOS. The maximum atomic E-state index is 8.67. The van der Waals surface area contributed by atoms with Gasteiger partial charge in [-0.05, 0) is 36.9 Å². The second-order valence-electron chi connectivity index (χ2n) is 5.25. The van der Waals surface area contributed by atoms with Gasteiger partial charge in [0.05, 0.1) is 4.88 Å². The van der Waals surface area contributed by atoms with Crippen LogP contribution in [-0.2, 0) is 6.54 Å². The maximum absolute atomic E-state index is 8.67. The van der Waals surface area contributed by atoms with Gasteiger partial charge in [-0.1, -0.05) is 25.7 Å². The van der Waals surface area contributed by atoms with Crippen LogP contribution in [-0.4, -0.2) is 29.7 Å². The van der Waals surface area contributed by atoms with Crippen molar-refractivity contribution >= 4 is 11.3 Å². The molecule has 1 atom stereocenters. The minimum Gasteiger partial charge on any atom is -0.384 e. The van der Waals surface area contributed by atoms with Crippen LogP contribution in [0, 0.1) is 23.7 Å². The van der Waals surface area contributed by atoms with Crippen LogP contribution in [0.3, 0.4) is 0 Å². The molecule has 0 bridgehead atoms. The number of rotatable bonds is 3. The fourth-order valence-electron chi connectivity index (χ4n) is 2.43. The van der Waals surface area contributed by atoms with Crippen molar-refractivity contribution < 1.29 is 5.11 Å². The van der Waals surface area contributed by atoms with E-state index in [4.69, 9.17) is 5.11 Å². The Balaban J connectivity index is 1.89. The van der Waals surface area contributed by atoms with E-state index in [9.17, 15) is 0 Å². The Labute approximate surface area is 114 Å². The summed E-state index contributed by atoms with van der Waals surface area (Å²) in [5.74, 6) is 7.32. The molecule has 0 aliphatic carbocycles. The van der Waals surface area contributed by atoms with Crippen LogP contribution in [0.1, 0.15) is 30.0 Å². The van der Waals surface area contributed by atoms with Crippen LogP contribution in [0.25, 0.3) is 0 Å². The number of aliphatic hydroxyl groups excluding tert-OH is 1. The molecule has 3 heteroatoms. The van der Waals surface area contributed by atoms with E-state index in [2.05, 4.69) is 42.7 Å². The molecule has 1 N–H and O–H groups in total. The second kappa shape index (κ2) is 6.38. The van der Waals surface area contributed by atoms with Crippen molar-refractivity contribution in [3.05, 3.63) is 21.9 Å². The summed E-state index contributed by atoms with van der Waals surface area (Å²) in [6.07, 6.45) is 1.33. The van der Waals surface area contributed by atoms with E-state index < -0.39 is 0 Å². The van der Waals surface area contributed by atoms with Gasteiger partial charge in [0.1, 0.15) is 6.61 Å². The summed E-state index contributed by atoms with van der Waals surface area (Å²) >= 11 is 1.74. The van der Waals surface area contributed by atoms with Gasteiger partial charge in [-0.2, -0.15) is 0 Å². The molecule has 0 aromatic carbocycles. The molecule has 0 saturated carbocycles. The van der Waals surface area contributed by atoms with Crippen molar-refractivity contribution in [2.75, 3.05) is 19.7 Å². The average molecular weight is 263 g/mol. The largest absolute Gasteiger partial charge is 0.384 e. The molecule has 1 aliphatic heterocycles. The molecule has 98 valence electrons. The zero-order valence-electron chi connectivity index (χ0n) is 11.1. The molecule has 18 heavy (non-hydrogen) atoms. The number of aliphatic hydroxyl groups is 1. The lowest BCUT2D eigenvalue weighted by molar-refractivity contribution is 0.299. The lowest BCUT2D eigenvalue weighted by atomic mass is 9.95. The van der Waals surface area contributed by atoms with Crippen LogP contribution >= 0.6 is 11.3 Å². The lowest BCUT2D eigenvalue weighted by Gasteiger charge is -2.16. The molecule has 1 unspecified atom stereocenters. The maximum Gasteiger partial charge on any atom is 0.104 e. The zero-order valence-corrected chi connectivity index (χ0v) is 12.0. The van der Waals surface area contributed by atoms with Gasteiger partial charge >= 0.3 is 0 Å². The lowest BCUT2D eigenvalue weighted by Crippen LogP contribution is -2.20. The highest BCUT2D eigenvalue weighted by Crippen LogP contribution is 2.26. The zero-order chi connectivity index (χ0) is 13.0. The third-order valence-corrected chi connectivity index (χ3v) is 4.57. The summed E-state index contributed by atoms with van der Waals surface area (Å²) in [6, 6.07) is 4.22. The van der Waals surface area contributed by atoms with Crippen molar-refractivity contribution in [2.45, 2.75) is 26.8 Å². The molecule has 0 spiro atoms. The van der Waals surface area contributed by atoms with Gasteiger partial charge in [0.25, 0.3) is 0 Å². The van der Waals surface area contributed by atoms with E-state index in [1.807, 2.05) is 0 Å². The first-order valence-electron chi connectivity index (χ1n) is 6.60. The smallest absolute Gasteiger partial charge is 0.104 e. The fraction of sp³-hybridized carbons (Fsp3) is 0.600. The topological polar surface area (TPSA) is 23.5 Å². The molecule has 0 amide bonds. The predicted octanol–water partition coefficient (Wildman–Crippen LogP) is 2.57. The van der Waals surface area contributed by atoms with E-state index >= 15 is 0 Å². The highest BCUT2D eigenvalue weighted by atomic mass is 32.1. The number of hydrogen-bond donors (Lipinski definition) is 1. The van der Waals surface area contributed by atoms with Gasteiger partial charge in [0.2, 0.25) is 0 Å². The molecule has 1 aromatic rings. The van der Waals surface area contributed by atoms with E-state index in [1.54, 1.807) is 11.3 Å². The van der Waals surface area contributed by atoms with E-state index in [-0.39, 0.29) is 6.61 Å². The van der Waals surface area contributed by atoms with Crippen molar-refractivity contribution in [3.8, 4) is 11.8 Å². The minimum atomic E-state index is -0.0601. The van der Waals surface area contributed by atoms with E-state index in [0.29, 0.717) is 0 Å². The Morgan fingerprint density at radius 1 is 1.50 bits per heavy atom. The quantitative estimate of drug-likeness (QED) is 0.847. The third-order valence-electron chi connectivity index (χ3n) is 3.58. The normalized spacial score (nSPS) is 20.1. The summed E-state index contributed by atoms with van der Waals surface area (Å²) < 4.78 is 0. The summed E-state index contributed by atoms with van der Waals surface area (Å²) in [5.41, 5.74) is 0. The van der Waals surface area contributed by atoms with Crippen molar-refractivity contribution in [1.82, 2.24) is 4.90 Å². The first-order chi connectivity index (χ1) is 8.69. The highest BCUT2D eigenvalue weighted by Gasteiger charge is 2.24. The van der Waals surface area contributed by atoms with Gasteiger partial charge < -0.3 is 5.11 Å². The third kappa shape index (κ3) is 3.58. The van der Waals surface area contributed by atoms with E-state index in [1.165, 1.54) is 24.4 Å². The standard InChI is InChI=1S/C15H21NOS/c1-12(2)13-7-8-16(10-13)11-15-6-5-14(18-15)4-3-9-17/h5-6,12-13,17H,7-11H2,1-2H3. The number of nitrogens with zero attached hydrogens (tertiary/aromatic N) is 1. The average Bonchev–Trinajstić information content (AvgIpc) is 2.96. The van der Waals surface area contributed by atoms with Crippen LogP contribution in [0.4, 0.5) is 0 Å². The summed E-state index contributed by atoms with van der Waals surface area (Å²) in [7, 11) is 0. The Morgan fingerprint density at radius 2 is 2.33 bits per heavy atom. The van der Waals surface area contributed by atoms with Crippen molar-refractivity contribution in [3.63, 3.8) is 0 Å². The van der Waals surface area contributed by atoms with Crippen molar-refractivity contribution in [1.29, 1.82) is 0 Å². The van der Waals surface area contributed by atoms with Gasteiger partial charge in [0.15, 0.2) is 0 Å². The SMILES string of the molecule is CC(C)C1CCN(Cc2ccc(C#CCO)s2)C1. The number of hydrogen-bond acceptors (Lipinski definition) is 3. The van der Waals surface area contributed by atoms with Crippen LogP contribution in [0.5, 0.6) is 0 Å². The highest BCUT2D eigenvalue weighted by molar-refractivity contribution is 7.12. The minimum absolute atomic E-state index is 0.0601. The second-order valence-corrected chi connectivity index (χ2v) is 6.42. The predicted molar refractivity (Wildman–Crippen MR) is 76.5 cm³/mol. The first kappa shape index (κ1) is 13.6. The molecule has 1 fully saturated rings. The Bertz CT molecular complexity index is 441. The Hall–Kier alpha value is -0.820. The van der Waals surface area contributed by atoms with Gasteiger partial charge in [0, 0.05) is 18.0 Å².